The number of nitrogens with two attached hydrogens (primary N) is 1. The number of amides is 2. The molecule has 3 N–H and O–H groups in total. The molecular weight excluding hydrogens is 635 g/mol. The topological polar surface area (TPSA) is 112 Å². The number of hydrogen-bond donors (Lipinski definition) is 2. The Kier molecular flexibility index (Phi) is 7.25. The van der Waals surface area contributed by atoms with E-state index in [1.807, 2.05) is 0 Å². The minimum Gasteiger partial charge on any atom is -0.467 e. The van der Waals surface area contributed by atoms with Crippen molar-refractivity contribution >= 4 is 71.7 Å². The monoisotopic (exact) mass is 645 g/mol. The van der Waals surface area contributed by atoms with Gasteiger partial charge in [-0.3, -0.25) is 9.59 Å². The number of benzene rings is 2. The molecule has 0 fully saturated rings. The number of pyridine rings is 1. The zero-order valence-corrected chi connectivity index (χ0v) is 21.7. The first kappa shape index (κ1) is 25.9. The van der Waals surface area contributed by atoms with Crippen LogP contribution in [0.15, 0.2) is 57.6 Å². The molecule has 14 heteroatoms. The largest absolute Gasteiger partial charge is 0.467 e. The molecule has 0 bridgehead atoms. The van der Waals surface area contributed by atoms with Gasteiger partial charge in [0.25, 0.3) is 11.8 Å². The zero-order chi connectivity index (χ0) is 26.2. The lowest BCUT2D eigenvalue weighted by atomic mass is 10.0. The van der Waals surface area contributed by atoms with Crippen molar-refractivity contribution < 1.29 is 27.5 Å². The molecule has 8 nitrogen and oxygen atoms in total. The number of aromatic nitrogens is 3. The van der Waals surface area contributed by atoms with E-state index in [9.17, 15) is 22.8 Å². The fourth-order valence-corrected chi connectivity index (χ4v) is 4.52. The van der Waals surface area contributed by atoms with E-state index in [-0.39, 0.29) is 27.8 Å². The molecule has 0 unspecified atom stereocenters. The first-order chi connectivity index (χ1) is 16.9. The van der Waals surface area contributed by atoms with Crippen molar-refractivity contribution in [2.24, 2.45) is 5.73 Å². The summed E-state index contributed by atoms with van der Waals surface area (Å²) in [4.78, 5) is 29.6. The lowest BCUT2D eigenvalue weighted by Gasteiger charge is -2.15. The Balaban J connectivity index is 1.80. The Bertz CT molecular complexity index is 1510. The SMILES string of the molecule is NC(=O)c1cc2cc(Br)ccc2c(Br)c1NC(=O)c1cc(OCC(F)(F)F)nn1-c1ncccc1Cl. The Morgan fingerprint density at radius 2 is 1.92 bits per heavy atom. The molecule has 0 saturated heterocycles. The summed E-state index contributed by atoms with van der Waals surface area (Å²) in [5.74, 6) is -2.17. The van der Waals surface area contributed by atoms with Crippen LogP contribution in [0.3, 0.4) is 0 Å². The van der Waals surface area contributed by atoms with Gasteiger partial charge in [0.2, 0.25) is 5.88 Å². The number of carbonyl (C=O) groups is 2. The predicted octanol–water partition coefficient (Wildman–Crippen LogP) is 5.89. The van der Waals surface area contributed by atoms with E-state index < -0.39 is 30.5 Å². The summed E-state index contributed by atoms with van der Waals surface area (Å²) in [7, 11) is 0. The van der Waals surface area contributed by atoms with Crippen molar-refractivity contribution in [3.8, 4) is 11.7 Å². The quantitative estimate of drug-likeness (QED) is 0.271. The summed E-state index contributed by atoms with van der Waals surface area (Å²) in [6, 6.07) is 10.8. The van der Waals surface area contributed by atoms with E-state index in [1.54, 1.807) is 18.2 Å². The van der Waals surface area contributed by atoms with Gasteiger partial charge in [0.1, 0.15) is 5.69 Å². The fourth-order valence-electron chi connectivity index (χ4n) is 3.27. The highest BCUT2D eigenvalue weighted by atomic mass is 79.9. The van der Waals surface area contributed by atoms with Crippen LogP contribution in [0.2, 0.25) is 5.02 Å². The summed E-state index contributed by atoms with van der Waals surface area (Å²) >= 11 is 12.9. The van der Waals surface area contributed by atoms with Crippen LogP contribution >= 0.6 is 43.5 Å². The highest BCUT2D eigenvalue weighted by Gasteiger charge is 2.30. The molecule has 2 aromatic heterocycles. The van der Waals surface area contributed by atoms with Crippen molar-refractivity contribution in [3.05, 3.63) is 73.9 Å². The molecule has 0 saturated carbocycles. The van der Waals surface area contributed by atoms with E-state index in [2.05, 4.69) is 47.3 Å². The number of primary amides is 1. The second-order valence-corrected chi connectivity index (χ2v) is 9.41. The first-order valence-corrected chi connectivity index (χ1v) is 11.8. The van der Waals surface area contributed by atoms with Crippen LogP contribution in [0.25, 0.3) is 16.6 Å². The second-order valence-electron chi connectivity index (χ2n) is 7.29. The van der Waals surface area contributed by atoms with Crippen LogP contribution in [0.1, 0.15) is 20.8 Å². The molecule has 0 aliphatic rings. The summed E-state index contributed by atoms with van der Waals surface area (Å²) in [6.45, 7) is -1.63. The molecular formula is C22H13Br2ClF3N5O3. The van der Waals surface area contributed by atoms with Crippen LogP contribution in [-0.2, 0) is 0 Å². The molecule has 186 valence electrons. The molecule has 2 heterocycles. The number of carbonyl (C=O) groups excluding carboxylic acids is 2. The smallest absolute Gasteiger partial charge is 0.422 e. The number of alkyl halides is 3. The van der Waals surface area contributed by atoms with E-state index in [4.69, 9.17) is 22.1 Å². The maximum absolute atomic E-state index is 13.4. The number of hydrogen-bond acceptors (Lipinski definition) is 5. The van der Waals surface area contributed by atoms with Crippen LogP contribution in [0.4, 0.5) is 18.9 Å². The predicted molar refractivity (Wildman–Crippen MR) is 134 cm³/mol. The van der Waals surface area contributed by atoms with Gasteiger partial charge in [-0.05, 0) is 57.0 Å². The number of anilines is 1. The second kappa shape index (κ2) is 10.1. The third-order valence-electron chi connectivity index (χ3n) is 4.79. The van der Waals surface area contributed by atoms with Gasteiger partial charge in [0.05, 0.1) is 16.3 Å². The Morgan fingerprint density at radius 3 is 2.58 bits per heavy atom. The molecule has 36 heavy (non-hydrogen) atoms. The lowest BCUT2D eigenvalue weighted by molar-refractivity contribution is -0.154. The van der Waals surface area contributed by atoms with Crippen molar-refractivity contribution in [3.63, 3.8) is 0 Å². The van der Waals surface area contributed by atoms with Crippen LogP contribution in [-0.4, -0.2) is 39.4 Å². The summed E-state index contributed by atoms with van der Waals surface area (Å²) in [5, 5.41) is 7.92. The van der Waals surface area contributed by atoms with Crippen LogP contribution in [0.5, 0.6) is 5.88 Å². The van der Waals surface area contributed by atoms with Crippen LogP contribution in [0, 0.1) is 0 Å². The fraction of sp³-hybridized carbons (Fsp3) is 0.0909. The zero-order valence-electron chi connectivity index (χ0n) is 17.7. The third-order valence-corrected chi connectivity index (χ3v) is 6.40. The Hall–Kier alpha value is -3.16. The van der Waals surface area contributed by atoms with Gasteiger partial charge in [0, 0.05) is 21.2 Å². The Labute approximate surface area is 222 Å². The average molecular weight is 648 g/mol. The van der Waals surface area contributed by atoms with E-state index in [0.29, 0.717) is 15.2 Å². The molecule has 4 aromatic rings. The highest BCUT2D eigenvalue weighted by Crippen LogP contribution is 2.36. The third kappa shape index (κ3) is 5.47. The Morgan fingerprint density at radius 1 is 1.17 bits per heavy atom. The average Bonchev–Trinajstić information content (AvgIpc) is 3.23. The lowest BCUT2D eigenvalue weighted by Crippen LogP contribution is -2.21. The number of nitrogens with one attached hydrogen (secondary N) is 1. The highest BCUT2D eigenvalue weighted by molar-refractivity contribution is 9.11. The van der Waals surface area contributed by atoms with Crippen molar-refractivity contribution in [2.45, 2.75) is 6.18 Å². The molecule has 0 atom stereocenters. The summed E-state index contributed by atoms with van der Waals surface area (Å²) in [6.07, 6.45) is -3.26. The first-order valence-electron chi connectivity index (χ1n) is 9.88. The number of nitrogens with zero attached hydrogens (tertiary/aromatic N) is 3. The molecule has 4 rings (SSSR count). The molecule has 0 aliphatic carbocycles. The van der Waals surface area contributed by atoms with E-state index >= 15 is 0 Å². The standard InChI is InChI=1S/C22H13Br2ClF3N5O3/c23-11-3-4-12-10(6-11)7-13(19(29)34)18(17(12)24)31-21(35)15-8-16(36-9-22(26,27)28)32-33(15)20-14(25)2-1-5-30-20/h1-8H,9H2,(H2,29,34)(H,31,35). The van der Waals surface area contributed by atoms with Gasteiger partial charge in [0.15, 0.2) is 12.4 Å². The maximum Gasteiger partial charge on any atom is 0.422 e. The van der Waals surface area contributed by atoms with Crippen molar-refractivity contribution in [1.29, 1.82) is 0 Å². The number of fused-ring (bicyclic) bond motifs is 1. The van der Waals surface area contributed by atoms with Gasteiger partial charge in [-0.25, -0.2) is 9.67 Å². The molecule has 0 aliphatic heterocycles. The number of halogens is 6. The van der Waals surface area contributed by atoms with Gasteiger partial charge in [-0.15, -0.1) is 5.10 Å². The molecule has 0 radical (unpaired) electrons. The minimum absolute atomic E-state index is 0.00342. The van der Waals surface area contributed by atoms with E-state index in [1.165, 1.54) is 24.4 Å². The molecule has 2 amide bonds. The number of ether oxygens (including phenoxy) is 1. The van der Waals surface area contributed by atoms with Crippen molar-refractivity contribution in [1.82, 2.24) is 14.8 Å². The maximum atomic E-state index is 13.4. The molecule has 0 spiro atoms. The molecule has 2 aromatic carbocycles. The minimum atomic E-state index is -4.63. The van der Waals surface area contributed by atoms with Gasteiger partial charge >= 0.3 is 6.18 Å². The van der Waals surface area contributed by atoms with Crippen molar-refractivity contribution in [2.75, 3.05) is 11.9 Å². The van der Waals surface area contributed by atoms with Gasteiger partial charge in [-0.1, -0.05) is 33.6 Å². The van der Waals surface area contributed by atoms with E-state index in [0.717, 1.165) is 15.2 Å². The normalized spacial score (nSPS) is 11.5. The van der Waals surface area contributed by atoms with Gasteiger partial charge in [-0.2, -0.15) is 13.2 Å². The number of rotatable bonds is 6. The summed E-state index contributed by atoms with van der Waals surface area (Å²) in [5.41, 5.74) is 5.35. The van der Waals surface area contributed by atoms with Crippen LogP contribution < -0.4 is 15.8 Å². The summed E-state index contributed by atoms with van der Waals surface area (Å²) < 4.78 is 44.8. The van der Waals surface area contributed by atoms with Gasteiger partial charge < -0.3 is 15.8 Å².